The minimum absolute atomic E-state index is 0.115. The van der Waals surface area contributed by atoms with Crippen molar-refractivity contribution in [1.82, 2.24) is 15.1 Å². The van der Waals surface area contributed by atoms with Crippen molar-refractivity contribution >= 4 is 23.3 Å². The summed E-state index contributed by atoms with van der Waals surface area (Å²) in [6.45, 7) is 3.77. The molecule has 0 bridgehead atoms. The van der Waals surface area contributed by atoms with Crippen LogP contribution in [0.4, 0.5) is 20.6 Å². The second-order valence-corrected chi connectivity index (χ2v) is 5.49. The number of carbonyl (C=O) groups is 2. The molecule has 0 saturated carbocycles. The Morgan fingerprint density at radius 1 is 1.46 bits per heavy atom. The molecular formula is C16H18FN5O2. The van der Waals surface area contributed by atoms with Crippen LogP contribution in [0.5, 0.6) is 0 Å². The number of benzene rings is 1. The van der Waals surface area contributed by atoms with E-state index in [0.717, 1.165) is 13.0 Å². The van der Waals surface area contributed by atoms with Crippen LogP contribution in [0.3, 0.4) is 0 Å². The van der Waals surface area contributed by atoms with Crippen molar-refractivity contribution in [3.63, 3.8) is 0 Å². The Balaban J connectivity index is 1.79. The van der Waals surface area contributed by atoms with Gasteiger partial charge in [0.2, 0.25) is 0 Å². The summed E-state index contributed by atoms with van der Waals surface area (Å²) in [6, 6.07) is 3.80. The van der Waals surface area contributed by atoms with Crippen molar-refractivity contribution in [2.75, 3.05) is 23.3 Å². The van der Waals surface area contributed by atoms with Gasteiger partial charge in [-0.2, -0.15) is 5.10 Å². The van der Waals surface area contributed by atoms with E-state index in [2.05, 4.69) is 15.7 Å². The SMILES string of the molecule is CCCn1cc(NC(=O)c2cc(N3CCNC3=O)ccc2F)cn1. The van der Waals surface area contributed by atoms with Gasteiger partial charge in [0.15, 0.2) is 0 Å². The minimum Gasteiger partial charge on any atom is -0.336 e. The monoisotopic (exact) mass is 331 g/mol. The van der Waals surface area contributed by atoms with Gasteiger partial charge in [0.25, 0.3) is 5.91 Å². The largest absolute Gasteiger partial charge is 0.336 e. The Kier molecular flexibility index (Phi) is 4.45. The lowest BCUT2D eigenvalue weighted by molar-refractivity contribution is 0.102. The zero-order valence-electron chi connectivity index (χ0n) is 13.3. The van der Waals surface area contributed by atoms with Gasteiger partial charge in [-0.05, 0) is 24.6 Å². The van der Waals surface area contributed by atoms with E-state index >= 15 is 0 Å². The van der Waals surface area contributed by atoms with E-state index < -0.39 is 11.7 Å². The molecule has 0 aliphatic carbocycles. The van der Waals surface area contributed by atoms with E-state index in [1.54, 1.807) is 10.9 Å². The van der Waals surface area contributed by atoms with Crippen molar-refractivity contribution in [3.8, 4) is 0 Å². The van der Waals surface area contributed by atoms with Crippen LogP contribution in [0.15, 0.2) is 30.6 Å². The molecule has 2 heterocycles. The predicted molar refractivity (Wildman–Crippen MR) is 87.6 cm³/mol. The number of amides is 3. The Labute approximate surface area is 138 Å². The van der Waals surface area contributed by atoms with Gasteiger partial charge < -0.3 is 10.6 Å². The molecule has 3 rings (SSSR count). The summed E-state index contributed by atoms with van der Waals surface area (Å²) in [5.41, 5.74) is 0.867. The standard InChI is InChI=1S/C16H18FN5O2/c1-2-6-21-10-11(9-19-21)20-15(23)13-8-12(3-4-14(13)17)22-7-5-18-16(22)24/h3-4,8-10H,2,5-7H2,1H3,(H,18,24)(H,20,23). The smallest absolute Gasteiger partial charge is 0.321 e. The number of halogens is 1. The summed E-state index contributed by atoms with van der Waals surface area (Å²) in [6.07, 6.45) is 4.13. The van der Waals surface area contributed by atoms with Crippen molar-refractivity contribution in [3.05, 3.63) is 42.0 Å². The van der Waals surface area contributed by atoms with Gasteiger partial charge in [0.1, 0.15) is 5.82 Å². The molecule has 1 aromatic carbocycles. The van der Waals surface area contributed by atoms with Crippen LogP contribution in [0.1, 0.15) is 23.7 Å². The Morgan fingerprint density at radius 2 is 2.29 bits per heavy atom. The highest BCUT2D eigenvalue weighted by atomic mass is 19.1. The maximum atomic E-state index is 14.0. The van der Waals surface area contributed by atoms with Gasteiger partial charge in [-0.3, -0.25) is 14.4 Å². The summed E-state index contributed by atoms with van der Waals surface area (Å²) < 4.78 is 15.7. The fraction of sp³-hybridized carbons (Fsp3) is 0.312. The Bertz CT molecular complexity index is 774. The van der Waals surface area contributed by atoms with Gasteiger partial charge in [-0.1, -0.05) is 6.92 Å². The number of urea groups is 1. The first kappa shape index (κ1) is 16.0. The van der Waals surface area contributed by atoms with Crippen LogP contribution in [-0.4, -0.2) is 34.8 Å². The third-order valence-corrected chi connectivity index (χ3v) is 3.71. The first-order chi connectivity index (χ1) is 11.6. The van der Waals surface area contributed by atoms with E-state index in [-0.39, 0.29) is 11.6 Å². The molecule has 2 N–H and O–H groups in total. The number of hydrogen-bond donors (Lipinski definition) is 2. The first-order valence-corrected chi connectivity index (χ1v) is 7.77. The molecule has 0 radical (unpaired) electrons. The highest BCUT2D eigenvalue weighted by Gasteiger charge is 2.23. The van der Waals surface area contributed by atoms with Gasteiger partial charge in [-0.15, -0.1) is 0 Å². The van der Waals surface area contributed by atoms with Gasteiger partial charge in [0, 0.05) is 31.5 Å². The maximum Gasteiger partial charge on any atom is 0.321 e. The second-order valence-electron chi connectivity index (χ2n) is 5.49. The fourth-order valence-electron chi connectivity index (χ4n) is 2.55. The highest BCUT2D eigenvalue weighted by molar-refractivity contribution is 6.05. The molecule has 1 aliphatic heterocycles. The number of rotatable bonds is 5. The van der Waals surface area contributed by atoms with E-state index in [0.29, 0.717) is 24.5 Å². The second kappa shape index (κ2) is 6.69. The topological polar surface area (TPSA) is 79.3 Å². The molecule has 1 aliphatic rings. The molecular weight excluding hydrogens is 313 g/mol. The maximum absolute atomic E-state index is 14.0. The quantitative estimate of drug-likeness (QED) is 0.882. The summed E-state index contributed by atoms with van der Waals surface area (Å²) >= 11 is 0. The van der Waals surface area contributed by atoms with E-state index in [1.165, 1.54) is 29.3 Å². The summed E-state index contributed by atoms with van der Waals surface area (Å²) in [4.78, 5) is 25.5. The fourth-order valence-corrected chi connectivity index (χ4v) is 2.55. The van der Waals surface area contributed by atoms with Crippen LogP contribution in [0.25, 0.3) is 0 Å². The van der Waals surface area contributed by atoms with Gasteiger partial charge >= 0.3 is 6.03 Å². The third kappa shape index (κ3) is 3.22. The molecule has 0 unspecified atom stereocenters. The predicted octanol–water partition coefficient (Wildman–Crippen LogP) is 2.21. The lowest BCUT2D eigenvalue weighted by atomic mass is 10.1. The zero-order valence-corrected chi connectivity index (χ0v) is 13.3. The van der Waals surface area contributed by atoms with Crippen molar-refractivity contribution < 1.29 is 14.0 Å². The average Bonchev–Trinajstić information content (AvgIpc) is 3.17. The number of aromatic nitrogens is 2. The summed E-state index contributed by atoms with van der Waals surface area (Å²) in [7, 11) is 0. The molecule has 24 heavy (non-hydrogen) atoms. The molecule has 3 amide bonds. The van der Waals surface area contributed by atoms with Crippen LogP contribution >= 0.6 is 0 Å². The molecule has 2 aromatic rings. The summed E-state index contributed by atoms with van der Waals surface area (Å²) in [5, 5.41) is 9.41. The lowest BCUT2D eigenvalue weighted by Crippen LogP contribution is -2.28. The van der Waals surface area contributed by atoms with Crippen LogP contribution in [0.2, 0.25) is 0 Å². The normalized spacial score (nSPS) is 13.9. The molecule has 1 aromatic heterocycles. The lowest BCUT2D eigenvalue weighted by Gasteiger charge is -2.15. The molecule has 1 fully saturated rings. The number of hydrogen-bond acceptors (Lipinski definition) is 3. The molecule has 8 heteroatoms. The molecule has 126 valence electrons. The van der Waals surface area contributed by atoms with Gasteiger partial charge in [0.05, 0.1) is 17.4 Å². The Hall–Kier alpha value is -2.90. The highest BCUT2D eigenvalue weighted by Crippen LogP contribution is 2.21. The average molecular weight is 331 g/mol. The number of anilines is 2. The van der Waals surface area contributed by atoms with Crippen molar-refractivity contribution in [2.24, 2.45) is 0 Å². The van der Waals surface area contributed by atoms with E-state index in [4.69, 9.17) is 0 Å². The third-order valence-electron chi connectivity index (χ3n) is 3.71. The molecule has 1 saturated heterocycles. The van der Waals surface area contributed by atoms with Gasteiger partial charge in [-0.25, -0.2) is 9.18 Å². The number of aryl methyl sites for hydroxylation is 1. The Morgan fingerprint density at radius 3 is 3.00 bits per heavy atom. The van der Waals surface area contributed by atoms with Crippen LogP contribution < -0.4 is 15.5 Å². The molecule has 0 atom stereocenters. The van der Waals surface area contributed by atoms with E-state index in [9.17, 15) is 14.0 Å². The first-order valence-electron chi connectivity index (χ1n) is 7.77. The number of carbonyl (C=O) groups excluding carboxylic acids is 2. The minimum atomic E-state index is -0.642. The number of nitrogens with zero attached hydrogens (tertiary/aromatic N) is 3. The molecule has 0 spiro atoms. The van der Waals surface area contributed by atoms with Crippen LogP contribution in [-0.2, 0) is 6.54 Å². The zero-order chi connectivity index (χ0) is 17.1. The van der Waals surface area contributed by atoms with Crippen molar-refractivity contribution in [2.45, 2.75) is 19.9 Å². The van der Waals surface area contributed by atoms with Crippen LogP contribution in [0, 0.1) is 5.82 Å². The molecule has 7 nitrogen and oxygen atoms in total. The van der Waals surface area contributed by atoms with E-state index in [1.807, 2.05) is 6.92 Å². The summed E-state index contributed by atoms with van der Waals surface area (Å²) in [5.74, 6) is -1.22. The van der Waals surface area contributed by atoms with Crippen molar-refractivity contribution in [1.29, 1.82) is 0 Å². The number of nitrogens with one attached hydrogen (secondary N) is 2.